The van der Waals surface area contributed by atoms with Crippen LogP contribution in [0.25, 0.3) is 0 Å². The van der Waals surface area contributed by atoms with Crippen LogP contribution in [0.15, 0.2) is 30.6 Å². The van der Waals surface area contributed by atoms with Crippen molar-refractivity contribution in [2.75, 3.05) is 20.2 Å². The van der Waals surface area contributed by atoms with Gasteiger partial charge in [0, 0.05) is 24.8 Å². The highest BCUT2D eigenvalue weighted by Gasteiger charge is 2.26. The molecule has 1 aliphatic heterocycles. The second kappa shape index (κ2) is 7.14. The van der Waals surface area contributed by atoms with Crippen molar-refractivity contribution in [2.45, 2.75) is 18.9 Å². The van der Waals surface area contributed by atoms with Crippen LogP contribution in [0.1, 0.15) is 39.6 Å². The molecule has 1 saturated heterocycles. The molecular weight excluding hydrogens is 346 g/mol. The first-order valence-electron chi connectivity index (χ1n) is 7.90. The molecule has 1 aromatic carbocycles. The van der Waals surface area contributed by atoms with Gasteiger partial charge in [0.05, 0.1) is 29.9 Å². The van der Waals surface area contributed by atoms with E-state index >= 15 is 0 Å². The highest BCUT2D eigenvalue weighted by molar-refractivity contribution is 6.32. The van der Waals surface area contributed by atoms with Crippen LogP contribution in [0.4, 0.5) is 0 Å². The number of aromatic nitrogens is 2. The summed E-state index contributed by atoms with van der Waals surface area (Å²) in [5.74, 6) is -0.587. The zero-order valence-electron chi connectivity index (χ0n) is 13.7. The van der Waals surface area contributed by atoms with Gasteiger partial charge in [-0.15, -0.1) is 0 Å². The molecule has 2 heterocycles. The van der Waals surface area contributed by atoms with Gasteiger partial charge in [0.2, 0.25) is 0 Å². The lowest BCUT2D eigenvalue weighted by molar-refractivity contribution is 0.0688. The van der Waals surface area contributed by atoms with Crippen molar-refractivity contribution in [2.24, 2.45) is 0 Å². The zero-order valence-corrected chi connectivity index (χ0v) is 14.4. The highest BCUT2D eigenvalue weighted by atomic mass is 35.5. The molecule has 0 spiro atoms. The maximum atomic E-state index is 12.6. The molecule has 2 aromatic rings. The smallest absolute Gasteiger partial charge is 0.338 e. The van der Waals surface area contributed by atoms with Crippen molar-refractivity contribution in [3.05, 3.63) is 46.7 Å². The number of carboxylic acid groups (broad SMARTS) is 1. The molecule has 0 aliphatic carbocycles. The SMILES string of the molecule is COc1cc(C(=O)N2CCC(n3cc(C(=O)O)cn3)CC2)ccc1Cl. The molecule has 8 heteroatoms. The van der Waals surface area contributed by atoms with Gasteiger partial charge in [-0.05, 0) is 31.0 Å². The maximum Gasteiger partial charge on any atom is 0.338 e. The Kier molecular flexibility index (Phi) is 4.94. The molecule has 25 heavy (non-hydrogen) atoms. The van der Waals surface area contributed by atoms with Gasteiger partial charge in [-0.2, -0.15) is 5.10 Å². The van der Waals surface area contributed by atoms with Crippen molar-refractivity contribution in [3.8, 4) is 5.75 Å². The second-order valence-corrected chi connectivity index (χ2v) is 6.29. The molecule has 0 atom stereocenters. The van der Waals surface area contributed by atoms with Gasteiger partial charge in [0.15, 0.2) is 0 Å². The number of hydrogen-bond acceptors (Lipinski definition) is 4. The number of likely N-dealkylation sites (tertiary alicyclic amines) is 1. The quantitative estimate of drug-likeness (QED) is 0.902. The van der Waals surface area contributed by atoms with E-state index in [0.29, 0.717) is 29.4 Å². The van der Waals surface area contributed by atoms with Crippen molar-refractivity contribution in [1.82, 2.24) is 14.7 Å². The van der Waals surface area contributed by atoms with Gasteiger partial charge < -0.3 is 14.7 Å². The van der Waals surface area contributed by atoms with E-state index in [1.165, 1.54) is 19.5 Å². The standard InChI is InChI=1S/C17H18ClN3O4/c1-25-15-8-11(2-3-14(15)18)16(22)20-6-4-13(5-7-20)21-10-12(9-19-21)17(23)24/h2-3,8-10,13H,4-7H2,1H3,(H,23,24). The minimum atomic E-state index is -0.990. The molecule has 3 rings (SSSR count). The minimum absolute atomic E-state index is 0.0693. The van der Waals surface area contributed by atoms with Crippen LogP contribution in [-0.2, 0) is 0 Å². The molecule has 1 fully saturated rings. The average molecular weight is 364 g/mol. The summed E-state index contributed by atoms with van der Waals surface area (Å²) in [5, 5.41) is 13.6. The first kappa shape index (κ1) is 17.3. The van der Waals surface area contributed by atoms with Gasteiger partial charge in [-0.25, -0.2) is 4.79 Å². The number of aromatic carboxylic acids is 1. The largest absolute Gasteiger partial charge is 0.495 e. The molecule has 132 valence electrons. The van der Waals surface area contributed by atoms with Crippen molar-refractivity contribution < 1.29 is 19.4 Å². The third kappa shape index (κ3) is 3.61. The lowest BCUT2D eigenvalue weighted by Crippen LogP contribution is -2.39. The first-order chi connectivity index (χ1) is 12.0. The first-order valence-corrected chi connectivity index (χ1v) is 8.27. The summed E-state index contributed by atoms with van der Waals surface area (Å²) in [7, 11) is 1.51. The Hall–Kier alpha value is -2.54. The Labute approximate surface area is 149 Å². The third-order valence-electron chi connectivity index (χ3n) is 4.37. The van der Waals surface area contributed by atoms with E-state index in [9.17, 15) is 9.59 Å². The van der Waals surface area contributed by atoms with E-state index in [4.69, 9.17) is 21.4 Å². The normalized spacial score (nSPS) is 15.2. The monoisotopic (exact) mass is 363 g/mol. The summed E-state index contributed by atoms with van der Waals surface area (Å²) < 4.78 is 6.83. The summed E-state index contributed by atoms with van der Waals surface area (Å²) in [6, 6.07) is 5.07. The number of methoxy groups -OCH3 is 1. The van der Waals surface area contributed by atoms with E-state index in [1.54, 1.807) is 27.8 Å². The molecule has 1 amide bonds. The van der Waals surface area contributed by atoms with Crippen LogP contribution in [0.5, 0.6) is 5.75 Å². The van der Waals surface area contributed by atoms with Gasteiger partial charge in [0.1, 0.15) is 5.75 Å². The summed E-state index contributed by atoms with van der Waals surface area (Å²) in [6.07, 6.45) is 4.32. The number of piperidine rings is 1. The van der Waals surface area contributed by atoms with E-state index < -0.39 is 5.97 Å². The van der Waals surface area contributed by atoms with Gasteiger partial charge in [-0.1, -0.05) is 11.6 Å². The molecule has 0 unspecified atom stereocenters. The summed E-state index contributed by atoms with van der Waals surface area (Å²) in [5.41, 5.74) is 0.707. The topological polar surface area (TPSA) is 84.7 Å². The number of amides is 1. The lowest BCUT2D eigenvalue weighted by Gasteiger charge is -2.32. The van der Waals surface area contributed by atoms with Crippen molar-refractivity contribution in [3.63, 3.8) is 0 Å². The van der Waals surface area contributed by atoms with Gasteiger partial charge >= 0.3 is 5.97 Å². The van der Waals surface area contributed by atoms with Crippen molar-refractivity contribution >= 4 is 23.5 Å². The summed E-state index contributed by atoms with van der Waals surface area (Å²) >= 11 is 6.00. The summed E-state index contributed by atoms with van der Waals surface area (Å²) in [6.45, 7) is 1.16. The summed E-state index contributed by atoms with van der Waals surface area (Å²) in [4.78, 5) is 25.4. The number of carbonyl (C=O) groups is 2. The van der Waals surface area contributed by atoms with E-state index in [-0.39, 0.29) is 17.5 Å². The Balaban J connectivity index is 1.65. The molecule has 0 saturated carbocycles. The number of ether oxygens (including phenoxy) is 1. The van der Waals surface area contributed by atoms with Crippen LogP contribution in [0.2, 0.25) is 5.02 Å². The second-order valence-electron chi connectivity index (χ2n) is 5.89. The number of benzene rings is 1. The van der Waals surface area contributed by atoms with Crippen LogP contribution in [0.3, 0.4) is 0 Å². The molecular formula is C17H18ClN3O4. The van der Waals surface area contributed by atoms with Crippen LogP contribution in [0, 0.1) is 0 Å². The minimum Gasteiger partial charge on any atom is -0.495 e. The molecule has 0 radical (unpaired) electrons. The van der Waals surface area contributed by atoms with E-state index in [2.05, 4.69) is 5.10 Å². The molecule has 7 nitrogen and oxygen atoms in total. The average Bonchev–Trinajstić information content (AvgIpc) is 3.12. The van der Waals surface area contributed by atoms with E-state index in [1.807, 2.05) is 0 Å². The molecule has 1 aliphatic rings. The Morgan fingerprint density at radius 2 is 2.00 bits per heavy atom. The predicted octanol–water partition coefficient (Wildman–Crippen LogP) is 2.72. The third-order valence-corrected chi connectivity index (χ3v) is 4.68. The maximum absolute atomic E-state index is 12.6. The van der Waals surface area contributed by atoms with Crippen LogP contribution >= 0.6 is 11.6 Å². The fourth-order valence-corrected chi connectivity index (χ4v) is 3.15. The van der Waals surface area contributed by atoms with Crippen molar-refractivity contribution in [1.29, 1.82) is 0 Å². The highest BCUT2D eigenvalue weighted by Crippen LogP contribution is 2.27. The number of halogens is 1. The van der Waals surface area contributed by atoms with Crippen LogP contribution < -0.4 is 4.74 Å². The Morgan fingerprint density at radius 3 is 2.60 bits per heavy atom. The fourth-order valence-electron chi connectivity index (χ4n) is 2.96. The molecule has 1 aromatic heterocycles. The molecule has 0 bridgehead atoms. The number of carboxylic acids is 1. The predicted molar refractivity (Wildman–Crippen MR) is 91.4 cm³/mol. The Bertz CT molecular complexity index is 797. The number of rotatable bonds is 4. The molecule has 1 N–H and O–H groups in total. The van der Waals surface area contributed by atoms with E-state index in [0.717, 1.165) is 12.8 Å². The van der Waals surface area contributed by atoms with Crippen LogP contribution in [-0.4, -0.2) is 51.9 Å². The number of hydrogen-bond donors (Lipinski definition) is 1. The number of carbonyl (C=O) groups excluding carboxylic acids is 1. The fraction of sp³-hybridized carbons (Fsp3) is 0.353. The lowest BCUT2D eigenvalue weighted by atomic mass is 10.0. The number of nitrogens with zero attached hydrogens (tertiary/aromatic N) is 3. The Morgan fingerprint density at radius 1 is 1.28 bits per heavy atom. The zero-order chi connectivity index (χ0) is 18.0. The van der Waals surface area contributed by atoms with Gasteiger partial charge in [-0.3, -0.25) is 9.48 Å². The van der Waals surface area contributed by atoms with Gasteiger partial charge in [0.25, 0.3) is 5.91 Å².